The van der Waals surface area contributed by atoms with Gasteiger partial charge < -0.3 is 4.74 Å². The molecule has 0 saturated carbocycles. The van der Waals surface area contributed by atoms with E-state index >= 15 is 0 Å². The second kappa shape index (κ2) is 8.43. The zero-order valence-electron chi connectivity index (χ0n) is 11.5. The van der Waals surface area contributed by atoms with E-state index in [1.54, 1.807) is 0 Å². The van der Waals surface area contributed by atoms with Crippen LogP contribution in [0.4, 0.5) is 0 Å². The normalized spacial score (nSPS) is 14.9. The zero-order chi connectivity index (χ0) is 14.1. The van der Waals surface area contributed by atoms with Gasteiger partial charge in [0.2, 0.25) is 5.91 Å². The maximum absolute atomic E-state index is 11.5. The molecular formula is C15H21NO3. The van der Waals surface area contributed by atoms with Gasteiger partial charge in [-0.05, 0) is 5.92 Å². The number of amides is 2. The van der Waals surface area contributed by atoms with Crippen LogP contribution in [0.25, 0.3) is 0 Å². The van der Waals surface area contributed by atoms with Gasteiger partial charge in [0.25, 0.3) is 5.91 Å². The van der Waals surface area contributed by atoms with Crippen LogP contribution >= 0.6 is 0 Å². The van der Waals surface area contributed by atoms with Gasteiger partial charge in [0.15, 0.2) is 0 Å². The lowest BCUT2D eigenvalue weighted by atomic mass is 10.1. The van der Waals surface area contributed by atoms with Crippen molar-refractivity contribution in [1.82, 2.24) is 4.90 Å². The number of hydrogen-bond donors (Lipinski definition) is 0. The fourth-order valence-electron chi connectivity index (χ4n) is 1.63. The Morgan fingerprint density at radius 3 is 2.16 bits per heavy atom. The maximum Gasteiger partial charge on any atom is 0.255 e. The van der Waals surface area contributed by atoms with Gasteiger partial charge >= 0.3 is 0 Å². The number of ether oxygens (including phenoxy) is 1. The average Bonchev–Trinajstić information content (AvgIpc) is 2.41. The molecule has 1 saturated heterocycles. The van der Waals surface area contributed by atoms with Crippen LogP contribution in [0.5, 0.6) is 0 Å². The lowest BCUT2D eigenvalue weighted by Gasteiger charge is -2.25. The topological polar surface area (TPSA) is 46.6 Å². The Morgan fingerprint density at radius 1 is 1.21 bits per heavy atom. The summed E-state index contributed by atoms with van der Waals surface area (Å²) in [6.45, 7) is 4.84. The number of hydrogen-bond acceptors (Lipinski definition) is 3. The van der Waals surface area contributed by atoms with E-state index in [0.29, 0.717) is 25.5 Å². The zero-order valence-corrected chi connectivity index (χ0v) is 11.5. The van der Waals surface area contributed by atoms with Gasteiger partial charge in [-0.1, -0.05) is 50.2 Å². The summed E-state index contributed by atoms with van der Waals surface area (Å²) in [5.74, 6) is 0.00310. The molecule has 0 N–H and O–H groups in total. The third kappa shape index (κ3) is 6.15. The molecule has 1 heterocycles. The second-order valence-corrected chi connectivity index (χ2v) is 4.74. The Bertz CT molecular complexity index is 363. The summed E-state index contributed by atoms with van der Waals surface area (Å²) < 4.78 is 4.92. The van der Waals surface area contributed by atoms with Gasteiger partial charge in [-0.3, -0.25) is 14.5 Å². The summed E-state index contributed by atoms with van der Waals surface area (Å²) in [5.41, 5.74) is 0. The molecule has 104 valence electrons. The van der Waals surface area contributed by atoms with E-state index < -0.39 is 0 Å². The highest BCUT2D eigenvalue weighted by atomic mass is 16.5. The summed E-state index contributed by atoms with van der Waals surface area (Å²) in [6.07, 6.45) is 0.436. The van der Waals surface area contributed by atoms with Crippen LogP contribution in [0.15, 0.2) is 36.4 Å². The van der Waals surface area contributed by atoms with E-state index in [-0.39, 0.29) is 18.4 Å². The Kier molecular flexibility index (Phi) is 6.82. The molecule has 4 heteroatoms. The molecule has 1 aromatic carbocycles. The van der Waals surface area contributed by atoms with Gasteiger partial charge in [-0.15, -0.1) is 0 Å². The molecule has 1 fully saturated rings. The van der Waals surface area contributed by atoms with Crippen LogP contribution in [-0.2, 0) is 14.3 Å². The molecule has 1 aliphatic heterocycles. The minimum absolute atomic E-state index is 0.0455. The average molecular weight is 263 g/mol. The molecule has 4 nitrogen and oxygen atoms in total. The van der Waals surface area contributed by atoms with E-state index in [1.165, 1.54) is 4.90 Å². The molecule has 0 unspecified atom stereocenters. The van der Waals surface area contributed by atoms with Crippen molar-refractivity contribution in [3.63, 3.8) is 0 Å². The number of carbonyl (C=O) groups excluding carboxylic acids is 2. The molecule has 0 radical (unpaired) electrons. The first-order valence-corrected chi connectivity index (χ1v) is 6.52. The largest absolute Gasteiger partial charge is 0.370 e. The minimum Gasteiger partial charge on any atom is -0.370 e. The third-order valence-corrected chi connectivity index (χ3v) is 2.54. The molecule has 0 atom stereocenters. The first-order valence-electron chi connectivity index (χ1n) is 6.52. The molecule has 2 amide bonds. The van der Waals surface area contributed by atoms with Crippen LogP contribution in [-0.4, -0.2) is 36.5 Å². The number of imide groups is 1. The Labute approximate surface area is 114 Å². The smallest absolute Gasteiger partial charge is 0.255 e. The predicted molar refractivity (Wildman–Crippen MR) is 73.4 cm³/mol. The van der Waals surface area contributed by atoms with Crippen molar-refractivity contribution in [2.45, 2.75) is 20.3 Å². The lowest BCUT2D eigenvalue weighted by molar-refractivity contribution is -0.154. The van der Waals surface area contributed by atoms with Crippen molar-refractivity contribution < 1.29 is 14.3 Å². The minimum atomic E-state index is -0.211. The first-order chi connectivity index (χ1) is 9.11. The highest BCUT2D eigenvalue weighted by molar-refractivity contribution is 5.96. The van der Waals surface area contributed by atoms with Crippen LogP contribution in [0.2, 0.25) is 0 Å². The fraction of sp³-hybridized carbons (Fsp3) is 0.467. The molecular weight excluding hydrogens is 242 g/mol. The van der Waals surface area contributed by atoms with Crippen molar-refractivity contribution in [2.75, 3.05) is 19.8 Å². The van der Waals surface area contributed by atoms with E-state index in [0.717, 1.165) is 0 Å². The molecule has 19 heavy (non-hydrogen) atoms. The molecule has 1 aliphatic rings. The van der Waals surface area contributed by atoms with Gasteiger partial charge in [0, 0.05) is 6.42 Å². The molecule has 1 aromatic rings. The van der Waals surface area contributed by atoms with E-state index in [9.17, 15) is 9.59 Å². The lowest BCUT2D eigenvalue weighted by Crippen LogP contribution is -2.45. The molecule has 2 rings (SSSR count). The van der Waals surface area contributed by atoms with Crippen LogP contribution in [0, 0.1) is 5.92 Å². The predicted octanol–water partition coefficient (Wildman–Crippen LogP) is 2.10. The Hall–Kier alpha value is -1.68. The van der Waals surface area contributed by atoms with Gasteiger partial charge in [-0.25, -0.2) is 0 Å². The molecule has 0 spiro atoms. The summed E-state index contributed by atoms with van der Waals surface area (Å²) in [6, 6.07) is 12.0. The monoisotopic (exact) mass is 263 g/mol. The summed E-state index contributed by atoms with van der Waals surface area (Å²) in [7, 11) is 0. The number of morpholine rings is 1. The van der Waals surface area contributed by atoms with Gasteiger partial charge in [0.1, 0.15) is 6.61 Å². The summed E-state index contributed by atoms with van der Waals surface area (Å²) in [4.78, 5) is 24.0. The quantitative estimate of drug-likeness (QED) is 0.821. The first kappa shape index (κ1) is 15.4. The number of carbonyl (C=O) groups is 2. The fourth-order valence-corrected chi connectivity index (χ4v) is 1.63. The Balaban J connectivity index is 0.000000250. The van der Waals surface area contributed by atoms with Crippen molar-refractivity contribution in [3.8, 4) is 0 Å². The van der Waals surface area contributed by atoms with Gasteiger partial charge in [-0.2, -0.15) is 0 Å². The molecule has 0 aliphatic carbocycles. The van der Waals surface area contributed by atoms with Crippen LogP contribution in [0.3, 0.4) is 0 Å². The SMILES string of the molecule is CC(C)CC(=O)N1CCOCC1=O.c1ccccc1. The summed E-state index contributed by atoms with van der Waals surface area (Å²) in [5, 5.41) is 0. The third-order valence-electron chi connectivity index (χ3n) is 2.54. The number of rotatable bonds is 2. The summed E-state index contributed by atoms with van der Waals surface area (Å²) >= 11 is 0. The van der Waals surface area contributed by atoms with Crippen molar-refractivity contribution in [3.05, 3.63) is 36.4 Å². The highest BCUT2D eigenvalue weighted by Gasteiger charge is 2.24. The number of nitrogens with zero attached hydrogens (tertiary/aromatic N) is 1. The molecule has 0 bridgehead atoms. The Morgan fingerprint density at radius 2 is 1.74 bits per heavy atom. The second-order valence-electron chi connectivity index (χ2n) is 4.74. The number of benzene rings is 1. The maximum atomic E-state index is 11.5. The van der Waals surface area contributed by atoms with E-state index in [1.807, 2.05) is 50.2 Å². The van der Waals surface area contributed by atoms with Crippen molar-refractivity contribution in [1.29, 1.82) is 0 Å². The van der Waals surface area contributed by atoms with Crippen LogP contribution < -0.4 is 0 Å². The van der Waals surface area contributed by atoms with Gasteiger partial charge in [0.05, 0.1) is 13.2 Å². The molecule has 0 aromatic heterocycles. The van der Waals surface area contributed by atoms with E-state index in [2.05, 4.69) is 0 Å². The van der Waals surface area contributed by atoms with Crippen LogP contribution in [0.1, 0.15) is 20.3 Å². The van der Waals surface area contributed by atoms with E-state index in [4.69, 9.17) is 4.74 Å². The highest BCUT2D eigenvalue weighted by Crippen LogP contribution is 2.07. The standard InChI is InChI=1S/C9H15NO3.C6H6/c1-7(2)5-8(11)10-3-4-13-6-9(10)12;1-2-4-6-5-3-1/h7H,3-6H2,1-2H3;1-6H. The van der Waals surface area contributed by atoms with Crippen molar-refractivity contribution in [2.24, 2.45) is 5.92 Å². The van der Waals surface area contributed by atoms with Crippen molar-refractivity contribution >= 4 is 11.8 Å².